The van der Waals surface area contributed by atoms with Crippen LogP contribution in [0.3, 0.4) is 0 Å². The Kier molecular flexibility index (Phi) is 3.93. The van der Waals surface area contributed by atoms with E-state index in [2.05, 4.69) is 16.0 Å². The molecule has 4 nitrogen and oxygen atoms in total. The van der Waals surface area contributed by atoms with Crippen LogP contribution in [0.5, 0.6) is 0 Å². The SMILES string of the molecule is Cc1ccc(-c2nc(C(C)C)[nH]c2CC(=O)O)c(C)c1. The third kappa shape index (κ3) is 2.90. The number of aliphatic carboxylic acids is 1. The van der Waals surface area contributed by atoms with Crippen molar-refractivity contribution in [3.05, 3.63) is 40.8 Å². The summed E-state index contributed by atoms with van der Waals surface area (Å²) in [5.74, 6) is 0.216. The van der Waals surface area contributed by atoms with Gasteiger partial charge in [0.15, 0.2) is 0 Å². The lowest BCUT2D eigenvalue weighted by Gasteiger charge is -2.06. The first-order chi connectivity index (χ1) is 9.38. The predicted molar refractivity (Wildman–Crippen MR) is 78.9 cm³/mol. The fourth-order valence-electron chi connectivity index (χ4n) is 2.28. The Balaban J connectivity index is 2.55. The second kappa shape index (κ2) is 5.49. The van der Waals surface area contributed by atoms with Crippen molar-refractivity contribution in [3.63, 3.8) is 0 Å². The van der Waals surface area contributed by atoms with Crippen LogP contribution in [0, 0.1) is 13.8 Å². The number of H-pyrrole nitrogens is 1. The molecule has 0 atom stereocenters. The number of aromatic nitrogens is 2. The fourth-order valence-corrected chi connectivity index (χ4v) is 2.28. The minimum absolute atomic E-state index is 0.0393. The maximum Gasteiger partial charge on any atom is 0.309 e. The van der Waals surface area contributed by atoms with Crippen molar-refractivity contribution in [2.75, 3.05) is 0 Å². The summed E-state index contributed by atoms with van der Waals surface area (Å²) in [4.78, 5) is 18.8. The van der Waals surface area contributed by atoms with Crippen LogP contribution in [-0.2, 0) is 11.2 Å². The number of nitrogens with one attached hydrogen (secondary N) is 1. The van der Waals surface area contributed by atoms with Crippen molar-refractivity contribution in [1.29, 1.82) is 0 Å². The molecule has 0 amide bonds. The Morgan fingerprint density at radius 2 is 2.05 bits per heavy atom. The van der Waals surface area contributed by atoms with Crippen molar-refractivity contribution in [3.8, 4) is 11.3 Å². The number of imidazole rings is 1. The fraction of sp³-hybridized carbons (Fsp3) is 0.375. The Morgan fingerprint density at radius 1 is 1.35 bits per heavy atom. The number of aromatic amines is 1. The first-order valence-electron chi connectivity index (χ1n) is 6.76. The zero-order valence-corrected chi connectivity index (χ0v) is 12.3. The van der Waals surface area contributed by atoms with E-state index in [1.54, 1.807) is 0 Å². The van der Waals surface area contributed by atoms with Crippen molar-refractivity contribution in [1.82, 2.24) is 9.97 Å². The number of carboxylic acid groups (broad SMARTS) is 1. The minimum atomic E-state index is -0.852. The highest BCUT2D eigenvalue weighted by atomic mass is 16.4. The van der Waals surface area contributed by atoms with Crippen molar-refractivity contribution < 1.29 is 9.90 Å². The van der Waals surface area contributed by atoms with Gasteiger partial charge in [-0.1, -0.05) is 37.6 Å². The maximum absolute atomic E-state index is 11.0. The van der Waals surface area contributed by atoms with Gasteiger partial charge < -0.3 is 10.1 Å². The summed E-state index contributed by atoms with van der Waals surface area (Å²) in [5.41, 5.74) is 4.72. The van der Waals surface area contributed by atoms with E-state index < -0.39 is 5.97 Å². The van der Waals surface area contributed by atoms with E-state index in [0.717, 1.165) is 22.6 Å². The molecule has 4 heteroatoms. The summed E-state index contributed by atoms with van der Waals surface area (Å²) in [5, 5.41) is 9.05. The highest BCUT2D eigenvalue weighted by molar-refractivity contribution is 5.75. The molecule has 0 radical (unpaired) electrons. The van der Waals surface area contributed by atoms with Gasteiger partial charge in [-0.2, -0.15) is 0 Å². The molecule has 2 aromatic rings. The smallest absolute Gasteiger partial charge is 0.309 e. The van der Waals surface area contributed by atoms with Gasteiger partial charge in [0, 0.05) is 11.5 Å². The molecular weight excluding hydrogens is 252 g/mol. The van der Waals surface area contributed by atoms with Gasteiger partial charge in [-0.25, -0.2) is 4.98 Å². The molecule has 0 spiro atoms. The molecule has 0 saturated carbocycles. The van der Waals surface area contributed by atoms with Gasteiger partial charge in [0.2, 0.25) is 0 Å². The Labute approximate surface area is 118 Å². The summed E-state index contributed by atoms with van der Waals surface area (Å²) >= 11 is 0. The molecule has 0 aliphatic rings. The molecular formula is C16H20N2O2. The molecule has 2 N–H and O–H groups in total. The first kappa shape index (κ1) is 14.3. The van der Waals surface area contributed by atoms with Crippen LogP contribution in [0.25, 0.3) is 11.3 Å². The van der Waals surface area contributed by atoms with Crippen molar-refractivity contribution >= 4 is 5.97 Å². The standard InChI is InChI=1S/C16H20N2O2/c1-9(2)16-17-13(8-14(19)20)15(18-16)12-6-5-10(3)7-11(12)4/h5-7,9H,8H2,1-4H3,(H,17,18)(H,19,20). The quantitative estimate of drug-likeness (QED) is 0.896. The van der Waals surface area contributed by atoms with E-state index in [1.807, 2.05) is 39.8 Å². The molecule has 0 aliphatic heterocycles. The number of nitrogens with zero attached hydrogens (tertiary/aromatic N) is 1. The highest BCUT2D eigenvalue weighted by Crippen LogP contribution is 2.28. The molecule has 1 heterocycles. The average molecular weight is 272 g/mol. The number of carbonyl (C=O) groups is 1. The Bertz CT molecular complexity index is 642. The summed E-state index contributed by atoms with van der Waals surface area (Å²) in [6.07, 6.45) is -0.0393. The largest absolute Gasteiger partial charge is 0.481 e. The number of benzene rings is 1. The molecule has 106 valence electrons. The van der Waals surface area contributed by atoms with Gasteiger partial charge in [-0.05, 0) is 19.4 Å². The first-order valence-corrected chi connectivity index (χ1v) is 6.76. The predicted octanol–water partition coefficient (Wildman–Crippen LogP) is 3.44. The summed E-state index contributed by atoms with van der Waals surface area (Å²) in [6.45, 7) is 8.14. The number of carboxylic acids is 1. The lowest BCUT2D eigenvalue weighted by molar-refractivity contribution is -0.136. The molecule has 1 aromatic carbocycles. The minimum Gasteiger partial charge on any atom is -0.481 e. The van der Waals surface area contributed by atoms with Crippen LogP contribution in [-0.4, -0.2) is 21.0 Å². The zero-order valence-electron chi connectivity index (χ0n) is 12.3. The van der Waals surface area contributed by atoms with E-state index in [9.17, 15) is 4.79 Å². The zero-order chi connectivity index (χ0) is 14.9. The summed E-state index contributed by atoms with van der Waals surface area (Å²) in [7, 11) is 0. The van der Waals surface area contributed by atoms with Crippen LogP contribution in [0.15, 0.2) is 18.2 Å². The van der Waals surface area contributed by atoms with Crippen LogP contribution in [0.4, 0.5) is 0 Å². The molecule has 20 heavy (non-hydrogen) atoms. The number of hydrogen-bond donors (Lipinski definition) is 2. The Morgan fingerprint density at radius 3 is 2.60 bits per heavy atom. The van der Waals surface area contributed by atoms with Crippen LogP contribution < -0.4 is 0 Å². The number of hydrogen-bond acceptors (Lipinski definition) is 2. The maximum atomic E-state index is 11.0. The molecule has 0 saturated heterocycles. The van der Waals surface area contributed by atoms with E-state index in [-0.39, 0.29) is 12.3 Å². The van der Waals surface area contributed by atoms with Gasteiger partial charge in [0.1, 0.15) is 5.82 Å². The van der Waals surface area contributed by atoms with E-state index in [4.69, 9.17) is 5.11 Å². The van der Waals surface area contributed by atoms with Crippen molar-refractivity contribution in [2.45, 2.75) is 40.0 Å². The van der Waals surface area contributed by atoms with E-state index >= 15 is 0 Å². The van der Waals surface area contributed by atoms with E-state index in [0.29, 0.717) is 5.69 Å². The van der Waals surface area contributed by atoms with Crippen molar-refractivity contribution in [2.24, 2.45) is 0 Å². The molecule has 2 rings (SSSR count). The van der Waals surface area contributed by atoms with Crippen LogP contribution in [0.2, 0.25) is 0 Å². The molecule has 0 fully saturated rings. The monoisotopic (exact) mass is 272 g/mol. The lowest BCUT2D eigenvalue weighted by atomic mass is 10.0. The summed E-state index contributed by atoms with van der Waals surface area (Å²) < 4.78 is 0. The van der Waals surface area contributed by atoms with Crippen LogP contribution in [0.1, 0.15) is 42.4 Å². The second-order valence-corrected chi connectivity index (χ2v) is 5.49. The second-order valence-electron chi connectivity index (χ2n) is 5.49. The molecule has 0 bridgehead atoms. The topological polar surface area (TPSA) is 66.0 Å². The van der Waals surface area contributed by atoms with Gasteiger partial charge in [-0.15, -0.1) is 0 Å². The summed E-state index contributed by atoms with van der Waals surface area (Å²) in [6, 6.07) is 6.12. The number of aryl methyl sites for hydroxylation is 2. The van der Waals surface area contributed by atoms with Crippen LogP contribution >= 0.6 is 0 Å². The lowest BCUT2D eigenvalue weighted by Crippen LogP contribution is -2.02. The van der Waals surface area contributed by atoms with Gasteiger partial charge >= 0.3 is 5.97 Å². The third-order valence-corrected chi connectivity index (χ3v) is 3.31. The van der Waals surface area contributed by atoms with Gasteiger partial charge in [0.05, 0.1) is 17.8 Å². The third-order valence-electron chi connectivity index (χ3n) is 3.31. The van der Waals surface area contributed by atoms with Gasteiger partial charge in [0.25, 0.3) is 0 Å². The van der Waals surface area contributed by atoms with E-state index in [1.165, 1.54) is 5.56 Å². The normalized spacial score (nSPS) is 11.1. The molecule has 1 aromatic heterocycles. The highest BCUT2D eigenvalue weighted by Gasteiger charge is 2.17. The number of rotatable bonds is 4. The average Bonchev–Trinajstić information content (AvgIpc) is 2.72. The molecule has 0 aliphatic carbocycles. The molecule has 0 unspecified atom stereocenters. The van der Waals surface area contributed by atoms with Gasteiger partial charge in [-0.3, -0.25) is 4.79 Å². The Hall–Kier alpha value is -2.10.